The van der Waals surface area contributed by atoms with Crippen LogP contribution in [0.5, 0.6) is 0 Å². The van der Waals surface area contributed by atoms with E-state index in [2.05, 4.69) is 15.0 Å². The number of nitrogens with zero attached hydrogens (tertiary/aromatic N) is 2. The molecule has 2 amide bonds. The molecule has 0 aliphatic carbocycles. The minimum absolute atomic E-state index is 0.0451. The maximum absolute atomic E-state index is 12.4. The number of hydrogen-bond acceptors (Lipinski definition) is 4. The molecule has 1 heterocycles. The summed E-state index contributed by atoms with van der Waals surface area (Å²) < 4.78 is 4.25. The number of ether oxygens (including phenoxy) is 1. The number of nitrogens with one attached hydrogen (secondary N) is 1. The lowest BCUT2D eigenvalue weighted by Gasteiger charge is -2.29. The number of aliphatic imine (C=N–C) groups is 1. The van der Waals surface area contributed by atoms with Gasteiger partial charge in [-0.3, -0.25) is 14.6 Å². The molecule has 0 aromatic rings. The molecule has 7 nitrogen and oxygen atoms in total. The molecule has 1 saturated heterocycles. The predicted molar refractivity (Wildman–Crippen MR) is 94.4 cm³/mol. The van der Waals surface area contributed by atoms with Crippen molar-refractivity contribution in [3.8, 4) is 0 Å². The van der Waals surface area contributed by atoms with Gasteiger partial charge in [0, 0.05) is 27.8 Å². The second-order valence-corrected chi connectivity index (χ2v) is 5.25. The average Bonchev–Trinajstić information content (AvgIpc) is 3.03. The smallest absolute Gasteiger partial charge is 0.246 e. The quantitative estimate of drug-likeness (QED) is 0.447. The van der Waals surface area contributed by atoms with Crippen LogP contribution in [0.1, 0.15) is 40.5 Å². The van der Waals surface area contributed by atoms with Crippen molar-refractivity contribution in [2.45, 2.75) is 52.6 Å². The van der Waals surface area contributed by atoms with Gasteiger partial charge in [-0.2, -0.15) is 0 Å². The van der Waals surface area contributed by atoms with Crippen LogP contribution in [0.4, 0.5) is 0 Å². The molecule has 7 heteroatoms. The minimum atomic E-state index is -0.493. The van der Waals surface area contributed by atoms with Crippen molar-refractivity contribution in [1.82, 2.24) is 10.2 Å². The van der Waals surface area contributed by atoms with Crippen LogP contribution in [0.15, 0.2) is 4.99 Å². The molecule has 3 N–H and O–H groups in total. The highest BCUT2D eigenvalue weighted by atomic mass is 16.4. The number of methoxy groups -OCH3 is 1. The first-order valence-corrected chi connectivity index (χ1v) is 8.06. The van der Waals surface area contributed by atoms with Crippen LogP contribution in [-0.2, 0) is 14.3 Å². The van der Waals surface area contributed by atoms with Crippen LogP contribution in [0.3, 0.4) is 0 Å². The van der Waals surface area contributed by atoms with Crippen LogP contribution in [0.25, 0.3) is 0 Å². The Bertz CT molecular complexity index is 359. The van der Waals surface area contributed by atoms with Gasteiger partial charge in [-0.1, -0.05) is 27.7 Å². The molecule has 0 spiro atoms. The number of hydrogen-bond donors (Lipinski definition) is 2. The van der Waals surface area contributed by atoms with Gasteiger partial charge >= 0.3 is 0 Å². The summed E-state index contributed by atoms with van der Waals surface area (Å²) in [5, 5.41) is 2.58. The molecular formula is C16H34N4O3. The van der Waals surface area contributed by atoms with Crippen LogP contribution < -0.4 is 11.1 Å². The van der Waals surface area contributed by atoms with E-state index in [1.165, 1.54) is 0 Å². The Kier molecular flexibility index (Phi) is 14.4. The molecule has 1 aliphatic heterocycles. The highest BCUT2D eigenvalue weighted by Crippen LogP contribution is 2.20. The van der Waals surface area contributed by atoms with Gasteiger partial charge in [0.25, 0.3) is 0 Å². The van der Waals surface area contributed by atoms with Crippen molar-refractivity contribution in [2.24, 2.45) is 16.6 Å². The SMILES string of the molecule is CC.CN=C(N)C1CCCN1C(=O)C(NC=O)C(C)C.COC. The maximum Gasteiger partial charge on any atom is 0.246 e. The van der Waals surface area contributed by atoms with E-state index in [4.69, 9.17) is 5.73 Å². The number of likely N-dealkylation sites (tertiary alicyclic amines) is 1. The zero-order chi connectivity index (χ0) is 18.4. The summed E-state index contributed by atoms with van der Waals surface area (Å²) in [4.78, 5) is 28.7. The first-order valence-electron chi connectivity index (χ1n) is 8.06. The molecule has 1 aliphatic rings. The van der Waals surface area contributed by atoms with E-state index in [0.29, 0.717) is 18.8 Å². The maximum atomic E-state index is 12.4. The van der Waals surface area contributed by atoms with E-state index < -0.39 is 6.04 Å². The Hall–Kier alpha value is -1.63. The van der Waals surface area contributed by atoms with E-state index in [0.717, 1.165) is 12.8 Å². The Morgan fingerprint density at radius 2 is 1.91 bits per heavy atom. The van der Waals surface area contributed by atoms with Crippen LogP contribution in [-0.4, -0.2) is 62.9 Å². The standard InChI is InChI=1S/C12H22N4O2.C2H6O.C2H6/c1-8(2)10(15-7-17)12(18)16-6-4-5-9(16)11(13)14-3;1-3-2;1-2/h7-10H,4-6H2,1-3H3,(H2,13,14)(H,15,17);1-2H3;1-2H3. The van der Waals surface area contributed by atoms with E-state index in [-0.39, 0.29) is 17.9 Å². The fraction of sp³-hybridized carbons (Fsp3) is 0.812. The Morgan fingerprint density at radius 1 is 1.39 bits per heavy atom. The Balaban J connectivity index is 0. The minimum Gasteiger partial charge on any atom is -0.388 e. The zero-order valence-electron chi connectivity index (χ0n) is 15.6. The van der Waals surface area contributed by atoms with Crippen LogP contribution in [0.2, 0.25) is 0 Å². The summed E-state index contributed by atoms with van der Waals surface area (Å²) >= 11 is 0. The van der Waals surface area contributed by atoms with Gasteiger partial charge in [0.1, 0.15) is 11.9 Å². The third-order valence-electron chi connectivity index (χ3n) is 3.32. The molecule has 0 radical (unpaired) electrons. The van der Waals surface area contributed by atoms with Gasteiger partial charge < -0.3 is 20.7 Å². The van der Waals surface area contributed by atoms with Crippen molar-refractivity contribution >= 4 is 18.2 Å². The fourth-order valence-corrected chi connectivity index (χ4v) is 2.29. The monoisotopic (exact) mass is 330 g/mol. The summed E-state index contributed by atoms with van der Waals surface area (Å²) in [6, 6.07) is -0.620. The van der Waals surface area contributed by atoms with E-state index >= 15 is 0 Å². The van der Waals surface area contributed by atoms with Gasteiger partial charge in [-0.05, 0) is 18.8 Å². The van der Waals surface area contributed by atoms with Crippen molar-refractivity contribution in [3.63, 3.8) is 0 Å². The summed E-state index contributed by atoms with van der Waals surface area (Å²) in [6.07, 6.45) is 2.32. The molecule has 0 saturated carbocycles. The predicted octanol–water partition coefficient (Wildman–Crippen LogP) is 1.02. The number of carbonyl (C=O) groups excluding carboxylic acids is 2. The Labute approximate surface area is 140 Å². The van der Waals surface area contributed by atoms with Crippen molar-refractivity contribution < 1.29 is 14.3 Å². The number of amidine groups is 1. The number of amides is 2. The number of rotatable bonds is 5. The molecule has 2 atom stereocenters. The molecule has 2 unspecified atom stereocenters. The summed E-state index contributed by atoms with van der Waals surface area (Å²) in [7, 11) is 4.87. The van der Waals surface area contributed by atoms with Gasteiger partial charge in [-0.15, -0.1) is 0 Å². The molecule has 0 aromatic heterocycles. The molecule has 0 aromatic carbocycles. The zero-order valence-corrected chi connectivity index (χ0v) is 15.6. The highest BCUT2D eigenvalue weighted by Gasteiger charge is 2.35. The van der Waals surface area contributed by atoms with Gasteiger partial charge in [0.2, 0.25) is 12.3 Å². The average molecular weight is 330 g/mol. The summed E-state index contributed by atoms with van der Waals surface area (Å²) in [5.74, 6) is 0.449. The highest BCUT2D eigenvalue weighted by molar-refractivity contribution is 5.93. The largest absolute Gasteiger partial charge is 0.388 e. The van der Waals surface area contributed by atoms with E-state index in [1.54, 1.807) is 26.2 Å². The summed E-state index contributed by atoms with van der Waals surface area (Å²) in [6.45, 7) is 8.48. The first kappa shape index (κ1) is 23.6. The lowest BCUT2D eigenvalue weighted by atomic mass is 10.0. The summed E-state index contributed by atoms with van der Waals surface area (Å²) in [5.41, 5.74) is 5.82. The van der Waals surface area contributed by atoms with Crippen molar-refractivity contribution in [1.29, 1.82) is 0 Å². The topological polar surface area (TPSA) is 97.0 Å². The lowest BCUT2D eigenvalue weighted by molar-refractivity contribution is -0.135. The van der Waals surface area contributed by atoms with Crippen LogP contribution in [0, 0.1) is 5.92 Å². The fourth-order valence-electron chi connectivity index (χ4n) is 2.29. The van der Waals surface area contributed by atoms with E-state index in [9.17, 15) is 9.59 Å². The molecule has 1 fully saturated rings. The lowest BCUT2D eigenvalue weighted by Crippen LogP contribution is -2.53. The third kappa shape index (κ3) is 7.97. The first-order chi connectivity index (χ1) is 10.9. The van der Waals surface area contributed by atoms with Gasteiger partial charge in [0.15, 0.2) is 0 Å². The number of nitrogens with two attached hydrogens (primary N) is 1. The number of carbonyl (C=O) groups is 2. The van der Waals surface area contributed by atoms with Gasteiger partial charge in [0.05, 0.1) is 6.04 Å². The second kappa shape index (κ2) is 14.0. The van der Waals surface area contributed by atoms with Crippen molar-refractivity contribution in [3.05, 3.63) is 0 Å². The third-order valence-corrected chi connectivity index (χ3v) is 3.32. The second-order valence-electron chi connectivity index (χ2n) is 5.25. The van der Waals surface area contributed by atoms with E-state index in [1.807, 2.05) is 27.7 Å². The Morgan fingerprint density at radius 3 is 2.30 bits per heavy atom. The molecule has 23 heavy (non-hydrogen) atoms. The molecule has 0 bridgehead atoms. The molecule has 1 rings (SSSR count). The molecule has 136 valence electrons. The van der Waals surface area contributed by atoms with Crippen molar-refractivity contribution in [2.75, 3.05) is 27.8 Å². The van der Waals surface area contributed by atoms with Gasteiger partial charge in [-0.25, -0.2) is 0 Å². The molecular weight excluding hydrogens is 296 g/mol. The van der Waals surface area contributed by atoms with Crippen LogP contribution >= 0.6 is 0 Å². The normalized spacial score (nSPS) is 18.3.